The molecule has 3 saturated carbocycles. The Balaban J connectivity index is 1.06. The molecule has 68 heavy (non-hydrogen) atoms. The Morgan fingerprint density at radius 1 is 0.471 bits per heavy atom. The molecule has 0 bridgehead atoms. The number of anilines is 5. The minimum atomic E-state index is -0.395. The van der Waals surface area contributed by atoms with E-state index in [1.807, 2.05) is 12.4 Å². The molecule has 14 rings (SSSR count). The lowest BCUT2D eigenvalue weighted by Gasteiger charge is -2.66. The minimum Gasteiger partial charge on any atom is -0.336 e. The van der Waals surface area contributed by atoms with Gasteiger partial charge in [-0.1, -0.05) is 93.1 Å². The second-order valence-corrected chi connectivity index (χ2v) is 21.9. The average molecular weight is 911 g/mol. The first kappa shape index (κ1) is 41.8. The van der Waals surface area contributed by atoms with Gasteiger partial charge in [-0.05, 0) is 118 Å². The highest BCUT2D eigenvalue weighted by atomic mass is 15.6. The third kappa shape index (κ3) is 6.18. The van der Waals surface area contributed by atoms with Gasteiger partial charge in [-0.25, -0.2) is 9.97 Å². The van der Waals surface area contributed by atoms with E-state index >= 15 is 0 Å². The Hall–Kier alpha value is -5.14. The first-order valence-corrected chi connectivity index (χ1v) is 26.8. The van der Waals surface area contributed by atoms with Gasteiger partial charge in [0.25, 0.3) is 0 Å². The van der Waals surface area contributed by atoms with Gasteiger partial charge in [0.1, 0.15) is 42.0 Å². The first-order chi connectivity index (χ1) is 33.7. The molecule has 12 nitrogen and oxygen atoms in total. The maximum absolute atomic E-state index is 5.40. The number of rotatable bonds is 3. The zero-order valence-corrected chi connectivity index (χ0v) is 39.8. The minimum absolute atomic E-state index is 0.0869. The highest BCUT2D eigenvalue weighted by molar-refractivity contribution is 5.81. The first-order valence-electron chi connectivity index (χ1n) is 26.8. The summed E-state index contributed by atoms with van der Waals surface area (Å²) >= 11 is 0. The van der Waals surface area contributed by atoms with E-state index in [0.717, 1.165) is 37.8 Å². The van der Waals surface area contributed by atoms with Crippen molar-refractivity contribution in [2.24, 2.45) is 29.6 Å². The largest absolute Gasteiger partial charge is 0.336 e. The van der Waals surface area contributed by atoms with E-state index in [1.165, 1.54) is 106 Å². The van der Waals surface area contributed by atoms with Crippen molar-refractivity contribution in [3.63, 3.8) is 0 Å². The lowest BCUT2D eigenvalue weighted by Crippen LogP contribution is -2.74. The van der Waals surface area contributed by atoms with Gasteiger partial charge in [-0.3, -0.25) is 26.2 Å². The van der Waals surface area contributed by atoms with Crippen molar-refractivity contribution >= 4 is 28.7 Å². The quantitative estimate of drug-likeness (QED) is 0.160. The molecule has 4 N–H and O–H groups in total. The Kier molecular flexibility index (Phi) is 10.3. The lowest BCUT2D eigenvalue weighted by atomic mass is 9.51. The Labute approximate surface area is 403 Å². The van der Waals surface area contributed by atoms with Crippen LogP contribution in [0.5, 0.6) is 0 Å². The van der Waals surface area contributed by atoms with E-state index < -0.39 is 5.66 Å². The molecule has 0 amide bonds. The molecule has 4 aromatic rings. The zero-order chi connectivity index (χ0) is 44.9. The summed E-state index contributed by atoms with van der Waals surface area (Å²) in [5.74, 6) is 7.15. The predicted molar refractivity (Wildman–Crippen MR) is 271 cm³/mol. The molecule has 3 aliphatic carbocycles. The fourth-order valence-corrected chi connectivity index (χ4v) is 16.7. The second kappa shape index (κ2) is 16.8. The van der Waals surface area contributed by atoms with E-state index in [4.69, 9.17) is 9.97 Å². The summed E-state index contributed by atoms with van der Waals surface area (Å²) in [6.07, 6.45) is 24.6. The van der Waals surface area contributed by atoms with E-state index in [0.29, 0.717) is 47.7 Å². The molecule has 8 heterocycles. The molecule has 3 aromatic carbocycles. The van der Waals surface area contributed by atoms with E-state index in [2.05, 4.69) is 161 Å². The van der Waals surface area contributed by atoms with Crippen LogP contribution in [0.1, 0.15) is 84.0 Å². The van der Waals surface area contributed by atoms with Crippen LogP contribution in [0.2, 0.25) is 0 Å². The van der Waals surface area contributed by atoms with Crippen LogP contribution in [-0.4, -0.2) is 94.4 Å². The van der Waals surface area contributed by atoms with Gasteiger partial charge in [-0.15, -0.1) is 0 Å². The van der Waals surface area contributed by atoms with Crippen molar-refractivity contribution in [3.8, 4) is 0 Å². The van der Waals surface area contributed by atoms with Crippen LogP contribution in [0, 0.1) is 29.6 Å². The average Bonchev–Trinajstić information content (AvgIpc) is 4.01. The zero-order valence-electron chi connectivity index (χ0n) is 39.8. The van der Waals surface area contributed by atoms with Crippen LogP contribution < -0.4 is 40.9 Å². The molecule has 8 fully saturated rings. The molecule has 0 spiro atoms. The van der Waals surface area contributed by atoms with Crippen LogP contribution in [0.15, 0.2) is 127 Å². The maximum atomic E-state index is 5.40. The monoisotopic (exact) mass is 911 g/mol. The number of benzene rings is 3. The summed E-state index contributed by atoms with van der Waals surface area (Å²) < 4.78 is 0. The number of fused-ring (bicyclic) bond motifs is 20. The fraction of sp³-hybridized carbons (Fsp3) is 0.536. The van der Waals surface area contributed by atoms with Gasteiger partial charge < -0.3 is 24.5 Å². The van der Waals surface area contributed by atoms with Crippen LogP contribution in [-0.2, 0) is 0 Å². The van der Waals surface area contributed by atoms with Crippen molar-refractivity contribution in [2.45, 2.75) is 132 Å². The molecule has 10 aliphatic rings. The normalized spacial score (nSPS) is 37.2. The Morgan fingerprint density at radius 2 is 0.897 bits per heavy atom. The van der Waals surface area contributed by atoms with Crippen molar-refractivity contribution < 1.29 is 0 Å². The fourth-order valence-electron chi connectivity index (χ4n) is 16.7. The number of piperidine rings is 1. The number of nitrogens with zero attached hydrogens (tertiary/aromatic N) is 8. The van der Waals surface area contributed by atoms with Gasteiger partial charge in [0, 0.05) is 79.7 Å². The lowest BCUT2D eigenvalue weighted by molar-refractivity contribution is -0.0858. The highest BCUT2D eigenvalue weighted by Crippen LogP contribution is 2.65. The molecule has 5 saturated heterocycles. The van der Waals surface area contributed by atoms with Gasteiger partial charge in [0.05, 0.1) is 0 Å². The van der Waals surface area contributed by atoms with Gasteiger partial charge >= 0.3 is 0 Å². The SMILES string of the molecule is CC12C3C4CCCCC4N4C(=CC=C5N(c6ccccc6)C6NCCNC6N5C5CCCCC5C3C3CCCCC3N1c1nccnc1N2c1ccccc1)N(c1ccccc1)C1NCCNC14. The van der Waals surface area contributed by atoms with Crippen LogP contribution in [0.4, 0.5) is 28.7 Å². The smallest absolute Gasteiger partial charge is 0.178 e. The van der Waals surface area contributed by atoms with Gasteiger partial charge in [0.2, 0.25) is 0 Å². The topological polar surface area (TPSA) is 93.3 Å². The Bertz CT molecular complexity index is 2520. The second-order valence-electron chi connectivity index (χ2n) is 21.9. The number of para-hydroxylation sites is 3. The summed E-state index contributed by atoms with van der Waals surface area (Å²) in [7, 11) is 0. The molecular weight excluding hydrogens is 841 g/mol. The van der Waals surface area contributed by atoms with Crippen LogP contribution in [0.25, 0.3) is 0 Å². The van der Waals surface area contributed by atoms with Crippen LogP contribution >= 0.6 is 0 Å². The van der Waals surface area contributed by atoms with Crippen molar-refractivity contribution in [2.75, 3.05) is 45.8 Å². The van der Waals surface area contributed by atoms with Gasteiger partial charge in [0.15, 0.2) is 11.6 Å². The van der Waals surface area contributed by atoms with Crippen molar-refractivity contribution in [1.82, 2.24) is 41.0 Å². The number of nitrogens with one attached hydrogen (secondary N) is 4. The summed E-state index contributed by atoms with van der Waals surface area (Å²) in [5.41, 5.74) is 3.35. The van der Waals surface area contributed by atoms with Crippen molar-refractivity contribution in [3.05, 3.63) is 127 Å². The molecule has 12 heteroatoms. The maximum Gasteiger partial charge on any atom is 0.178 e. The molecule has 354 valence electrons. The highest BCUT2D eigenvalue weighted by Gasteiger charge is 2.68. The molecule has 13 atom stereocenters. The van der Waals surface area contributed by atoms with E-state index in [-0.39, 0.29) is 24.7 Å². The van der Waals surface area contributed by atoms with Crippen LogP contribution in [0.3, 0.4) is 0 Å². The number of hydrogen-bond acceptors (Lipinski definition) is 12. The molecule has 1 aromatic heterocycles. The molecule has 0 radical (unpaired) electrons. The summed E-state index contributed by atoms with van der Waals surface area (Å²) in [5, 5.41) is 16.6. The van der Waals surface area contributed by atoms with Gasteiger partial charge in [-0.2, -0.15) is 0 Å². The number of hydrogen-bond donors (Lipinski definition) is 4. The summed E-state index contributed by atoms with van der Waals surface area (Å²) in [6.45, 7) is 6.47. The van der Waals surface area contributed by atoms with E-state index in [1.54, 1.807) is 0 Å². The third-order valence-corrected chi connectivity index (χ3v) is 18.8. The number of aromatic nitrogens is 2. The number of piperazine rings is 2. The van der Waals surface area contributed by atoms with Crippen molar-refractivity contribution in [1.29, 1.82) is 0 Å². The number of allylic oxidation sites excluding steroid dienone is 2. The standard InChI is InChI=1S/C56H70N12/c1-56-49-42-25-13-15-27-44(42)66-47(64(38-19-7-3-8-20-38)51-53(66)60-34-32-58-51)30-29-46-63(37-17-5-2-6-18-37)50-52(59-33-31-57-50)65(46)43-26-14-11-23-40(43)48(49)41-24-12-16-28-45(41)68(56)55-54(61-35-36-62-55)67(56)39-21-9-4-10-22-39/h2-10,17-22,29-30,35-36,40-45,48-53,57-60H,11-16,23-28,31-34H2,1H3. The van der Waals surface area contributed by atoms with E-state index in [9.17, 15) is 0 Å². The Morgan fingerprint density at radius 3 is 1.44 bits per heavy atom. The molecule has 7 aliphatic heterocycles. The third-order valence-electron chi connectivity index (χ3n) is 18.8. The summed E-state index contributed by atoms with van der Waals surface area (Å²) in [4.78, 5) is 27.7. The molecule has 13 unspecified atom stereocenters. The predicted octanol–water partition coefficient (Wildman–Crippen LogP) is 8.10. The summed E-state index contributed by atoms with van der Waals surface area (Å²) in [6, 6.07) is 35.1. The molecular formula is C56H70N12.